The number of rotatable bonds is 3. The molecule has 0 saturated heterocycles. The highest BCUT2D eigenvalue weighted by Crippen LogP contribution is 2.09. The van der Waals surface area contributed by atoms with Gasteiger partial charge in [-0.2, -0.15) is 0 Å². The lowest BCUT2D eigenvalue weighted by Gasteiger charge is -2.02. The third kappa shape index (κ3) is 2.34. The molecule has 2 aromatic rings. The molecule has 0 atom stereocenters. The number of carbonyl (C=O) groups is 1. The number of aromatic hydroxyl groups is 1. The zero-order chi connectivity index (χ0) is 13.1. The molecule has 0 bridgehead atoms. The standard InChI is InChI=1S/C11H10N2O5/c14-9-7-13(18-11(16)17)10(15)12(9)6-8-4-2-1-3-5-8/h1-5,7,14H,6H2,(H,16,17). The first-order valence-corrected chi connectivity index (χ1v) is 5.04. The number of aromatic nitrogens is 2. The fourth-order valence-electron chi connectivity index (χ4n) is 1.51. The van der Waals surface area contributed by atoms with Crippen LogP contribution in [0.15, 0.2) is 41.3 Å². The van der Waals surface area contributed by atoms with Gasteiger partial charge in [0.05, 0.1) is 6.54 Å². The maximum atomic E-state index is 11.7. The van der Waals surface area contributed by atoms with E-state index in [-0.39, 0.29) is 12.4 Å². The summed E-state index contributed by atoms with van der Waals surface area (Å²) in [5, 5.41) is 18.0. The minimum atomic E-state index is -1.63. The van der Waals surface area contributed by atoms with Gasteiger partial charge < -0.3 is 10.2 Å². The molecule has 18 heavy (non-hydrogen) atoms. The summed E-state index contributed by atoms with van der Waals surface area (Å²) in [6, 6.07) is 8.97. The van der Waals surface area contributed by atoms with Crippen LogP contribution >= 0.6 is 0 Å². The Labute approximate surface area is 101 Å². The molecule has 1 aromatic carbocycles. The Morgan fingerprint density at radius 3 is 2.56 bits per heavy atom. The van der Waals surface area contributed by atoms with Gasteiger partial charge in [-0.1, -0.05) is 30.3 Å². The zero-order valence-electron chi connectivity index (χ0n) is 9.18. The normalized spacial score (nSPS) is 10.2. The number of benzene rings is 1. The van der Waals surface area contributed by atoms with Crippen LogP contribution in [-0.4, -0.2) is 25.7 Å². The quantitative estimate of drug-likeness (QED) is 0.827. The summed E-state index contributed by atoms with van der Waals surface area (Å²) in [5.74, 6) is -0.370. The summed E-state index contributed by atoms with van der Waals surface area (Å²) in [4.78, 5) is 26.2. The van der Waals surface area contributed by atoms with Gasteiger partial charge >= 0.3 is 11.8 Å². The third-order valence-corrected chi connectivity index (χ3v) is 2.29. The van der Waals surface area contributed by atoms with Crippen molar-refractivity contribution in [1.82, 2.24) is 9.30 Å². The molecule has 7 heteroatoms. The molecule has 94 valence electrons. The molecule has 1 heterocycles. The second-order valence-electron chi connectivity index (χ2n) is 3.52. The van der Waals surface area contributed by atoms with E-state index in [4.69, 9.17) is 5.11 Å². The summed E-state index contributed by atoms with van der Waals surface area (Å²) in [6.45, 7) is 0.126. The van der Waals surface area contributed by atoms with Gasteiger partial charge in [0.1, 0.15) is 6.20 Å². The van der Waals surface area contributed by atoms with Crippen molar-refractivity contribution in [3.8, 4) is 5.88 Å². The van der Waals surface area contributed by atoms with Gasteiger partial charge in [-0.05, 0) is 5.56 Å². The van der Waals surface area contributed by atoms with Crippen molar-refractivity contribution in [3.63, 3.8) is 0 Å². The molecular formula is C11H10N2O5. The van der Waals surface area contributed by atoms with E-state index in [2.05, 4.69) is 4.84 Å². The molecule has 0 saturated carbocycles. The van der Waals surface area contributed by atoms with E-state index in [1.165, 1.54) is 0 Å². The summed E-state index contributed by atoms with van der Waals surface area (Å²) >= 11 is 0. The van der Waals surface area contributed by atoms with Crippen LogP contribution in [-0.2, 0) is 6.54 Å². The van der Waals surface area contributed by atoms with Crippen LogP contribution in [0, 0.1) is 0 Å². The van der Waals surface area contributed by atoms with Crippen molar-refractivity contribution in [2.75, 3.05) is 0 Å². The second-order valence-corrected chi connectivity index (χ2v) is 3.52. The van der Waals surface area contributed by atoms with Crippen LogP contribution in [0.25, 0.3) is 0 Å². The molecule has 0 aliphatic heterocycles. The fraction of sp³-hybridized carbons (Fsp3) is 0.0909. The molecule has 7 nitrogen and oxygen atoms in total. The van der Waals surface area contributed by atoms with Crippen LogP contribution < -0.4 is 10.5 Å². The summed E-state index contributed by atoms with van der Waals surface area (Å²) < 4.78 is 1.46. The average molecular weight is 250 g/mol. The van der Waals surface area contributed by atoms with E-state index < -0.39 is 11.8 Å². The van der Waals surface area contributed by atoms with Crippen LogP contribution in [0.3, 0.4) is 0 Å². The van der Waals surface area contributed by atoms with Crippen LogP contribution in [0.4, 0.5) is 4.79 Å². The summed E-state index contributed by atoms with van der Waals surface area (Å²) in [7, 11) is 0. The monoisotopic (exact) mass is 250 g/mol. The Kier molecular flexibility index (Phi) is 3.05. The lowest BCUT2D eigenvalue weighted by Crippen LogP contribution is -2.31. The van der Waals surface area contributed by atoms with E-state index in [9.17, 15) is 14.7 Å². The van der Waals surface area contributed by atoms with Crippen LogP contribution in [0.5, 0.6) is 5.88 Å². The third-order valence-electron chi connectivity index (χ3n) is 2.29. The van der Waals surface area contributed by atoms with E-state index in [1.807, 2.05) is 6.07 Å². The summed E-state index contributed by atoms with van der Waals surface area (Å²) in [6.07, 6.45) is -0.728. The Morgan fingerprint density at radius 1 is 1.28 bits per heavy atom. The molecule has 0 fully saturated rings. The first-order chi connectivity index (χ1) is 8.58. The van der Waals surface area contributed by atoms with Crippen molar-refractivity contribution in [2.45, 2.75) is 6.54 Å². The Balaban J connectivity index is 2.32. The summed E-state index contributed by atoms with van der Waals surface area (Å²) in [5.41, 5.74) is 0.0294. The molecule has 0 amide bonds. The lowest BCUT2D eigenvalue weighted by molar-refractivity contribution is 0.0773. The minimum absolute atomic E-state index is 0.126. The highest BCUT2D eigenvalue weighted by molar-refractivity contribution is 5.57. The number of nitrogens with zero attached hydrogens (tertiary/aromatic N) is 2. The fourth-order valence-corrected chi connectivity index (χ4v) is 1.51. The van der Waals surface area contributed by atoms with E-state index >= 15 is 0 Å². The van der Waals surface area contributed by atoms with Crippen LogP contribution in [0.2, 0.25) is 0 Å². The van der Waals surface area contributed by atoms with Crippen molar-refractivity contribution < 1.29 is 19.8 Å². The van der Waals surface area contributed by atoms with Crippen molar-refractivity contribution in [2.24, 2.45) is 0 Å². The Bertz CT molecular complexity index is 614. The van der Waals surface area contributed by atoms with E-state index in [1.54, 1.807) is 24.3 Å². The van der Waals surface area contributed by atoms with Gasteiger partial charge in [0.25, 0.3) is 0 Å². The molecule has 2 rings (SSSR count). The maximum Gasteiger partial charge on any atom is 0.531 e. The number of hydrogen-bond donors (Lipinski definition) is 2. The van der Waals surface area contributed by atoms with Crippen molar-refractivity contribution in [1.29, 1.82) is 0 Å². The smallest absolute Gasteiger partial charge is 0.493 e. The van der Waals surface area contributed by atoms with Gasteiger partial charge in [0.2, 0.25) is 5.88 Å². The maximum absolute atomic E-state index is 11.7. The molecule has 0 aliphatic carbocycles. The molecule has 1 aromatic heterocycles. The molecule has 2 N–H and O–H groups in total. The molecule has 0 aliphatic rings. The minimum Gasteiger partial charge on any atom is -0.493 e. The van der Waals surface area contributed by atoms with Crippen molar-refractivity contribution in [3.05, 3.63) is 52.6 Å². The SMILES string of the molecule is O=C(O)On1cc(O)n(Cc2ccccc2)c1=O. The molecule has 0 radical (unpaired) electrons. The van der Waals surface area contributed by atoms with Gasteiger partial charge in [0.15, 0.2) is 0 Å². The molecule has 0 spiro atoms. The zero-order valence-corrected chi connectivity index (χ0v) is 9.18. The van der Waals surface area contributed by atoms with Gasteiger partial charge in [-0.15, -0.1) is 4.73 Å². The van der Waals surface area contributed by atoms with Gasteiger partial charge in [-0.25, -0.2) is 9.59 Å². The topological polar surface area (TPSA) is 93.7 Å². The number of imidazole rings is 1. The predicted octanol–water partition coefficient (Wildman–Crippen LogP) is 0.510. The average Bonchev–Trinajstić information content (AvgIpc) is 2.58. The second kappa shape index (κ2) is 4.66. The first kappa shape index (κ1) is 11.8. The number of carboxylic acid groups (broad SMARTS) is 1. The highest BCUT2D eigenvalue weighted by Gasteiger charge is 2.13. The van der Waals surface area contributed by atoms with E-state index in [0.717, 1.165) is 16.3 Å². The highest BCUT2D eigenvalue weighted by atomic mass is 16.8. The van der Waals surface area contributed by atoms with Crippen LogP contribution in [0.1, 0.15) is 5.56 Å². The van der Waals surface area contributed by atoms with E-state index in [0.29, 0.717) is 4.73 Å². The Hall–Kier alpha value is -2.70. The predicted molar refractivity (Wildman–Crippen MR) is 60.5 cm³/mol. The lowest BCUT2D eigenvalue weighted by atomic mass is 10.2. The van der Waals surface area contributed by atoms with Crippen molar-refractivity contribution >= 4 is 6.16 Å². The molecular weight excluding hydrogens is 240 g/mol. The largest absolute Gasteiger partial charge is 0.531 e. The number of hydrogen-bond acceptors (Lipinski definition) is 4. The van der Waals surface area contributed by atoms with Gasteiger partial charge in [0, 0.05) is 0 Å². The van der Waals surface area contributed by atoms with Gasteiger partial charge in [-0.3, -0.25) is 9.40 Å². The molecule has 0 unspecified atom stereocenters. The first-order valence-electron chi connectivity index (χ1n) is 5.04. The Morgan fingerprint density at radius 2 is 1.94 bits per heavy atom.